The van der Waals surface area contributed by atoms with E-state index in [0.29, 0.717) is 0 Å². The van der Waals surface area contributed by atoms with Crippen LogP contribution in [0.4, 0.5) is 0 Å². The van der Waals surface area contributed by atoms with Gasteiger partial charge in [0.1, 0.15) is 0 Å². The Morgan fingerprint density at radius 1 is 0.593 bits per heavy atom. The minimum atomic E-state index is 0.779. The van der Waals surface area contributed by atoms with Gasteiger partial charge < -0.3 is 0 Å². The van der Waals surface area contributed by atoms with Gasteiger partial charge in [-0.1, -0.05) is 58.3 Å². The average molecular weight is 372 g/mol. The molecular weight excluding hydrogens is 326 g/mol. The molecule has 0 bridgehead atoms. The van der Waals surface area contributed by atoms with E-state index < -0.39 is 0 Å². The van der Waals surface area contributed by atoms with E-state index in [1.54, 1.807) is 38.5 Å². The molecular formula is C26H45N. The maximum Gasteiger partial charge on any atom is 0.0621 e. The van der Waals surface area contributed by atoms with Gasteiger partial charge in [-0.25, -0.2) is 0 Å². The molecule has 1 heteroatoms. The average Bonchev–Trinajstić information content (AvgIpc) is 2.73. The summed E-state index contributed by atoms with van der Waals surface area (Å²) in [5.41, 5.74) is 0. The van der Waals surface area contributed by atoms with Crippen LogP contribution in [-0.4, -0.2) is 0 Å². The Balaban J connectivity index is 1.31. The molecule has 0 heterocycles. The van der Waals surface area contributed by atoms with E-state index in [2.05, 4.69) is 13.0 Å². The summed E-state index contributed by atoms with van der Waals surface area (Å²) in [7, 11) is 0. The maximum atomic E-state index is 8.80. The summed E-state index contributed by atoms with van der Waals surface area (Å²) >= 11 is 0. The van der Waals surface area contributed by atoms with Crippen molar-refractivity contribution in [1.82, 2.24) is 0 Å². The van der Waals surface area contributed by atoms with Gasteiger partial charge in [0.2, 0.25) is 0 Å². The monoisotopic (exact) mass is 371 g/mol. The molecule has 0 aromatic carbocycles. The van der Waals surface area contributed by atoms with Gasteiger partial charge in [0.15, 0.2) is 0 Å². The van der Waals surface area contributed by atoms with Crippen LogP contribution in [0.3, 0.4) is 0 Å². The molecule has 0 aliphatic heterocycles. The standard InChI is InChI=1S/C26H45N/c1-2-3-4-6-21-8-12-23(13-9-21)25-16-18-26(19-17-25)24-14-10-22(11-15-24)7-5-20-27/h21-26H,2-19H2,1H3. The zero-order valence-electron chi connectivity index (χ0n) is 18.1. The summed E-state index contributed by atoms with van der Waals surface area (Å²) in [6, 6.07) is 2.34. The number of unbranched alkanes of at least 4 members (excludes halogenated alkanes) is 2. The Hall–Kier alpha value is -0.510. The van der Waals surface area contributed by atoms with Crippen LogP contribution in [0.25, 0.3) is 0 Å². The van der Waals surface area contributed by atoms with Crippen molar-refractivity contribution in [2.24, 2.45) is 35.5 Å². The second-order valence-electron chi connectivity index (χ2n) is 10.4. The van der Waals surface area contributed by atoms with Crippen molar-refractivity contribution in [2.75, 3.05) is 0 Å². The van der Waals surface area contributed by atoms with Crippen molar-refractivity contribution in [2.45, 2.75) is 122 Å². The van der Waals surface area contributed by atoms with E-state index in [9.17, 15) is 0 Å². The van der Waals surface area contributed by atoms with Gasteiger partial charge in [0, 0.05) is 6.42 Å². The first-order valence-corrected chi connectivity index (χ1v) is 12.7. The molecule has 0 aromatic heterocycles. The van der Waals surface area contributed by atoms with Crippen LogP contribution in [-0.2, 0) is 0 Å². The lowest BCUT2D eigenvalue weighted by molar-refractivity contribution is 0.102. The summed E-state index contributed by atoms with van der Waals surface area (Å²) in [4.78, 5) is 0. The lowest BCUT2D eigenvalue weighted by Crippen LogP contribution is -2.29. The van der Waals surface area contributed by atoms with E-state index in [4.69, 9.17) is 5.26 Å². The summed E-state index contributed by atoms with van der Waals surface area (Å²) in [6.07, 6.45) is 25.9. The Kier molecular flexibility index (Phi) is 9.02. The van der Waals surface area contributed by atoms with E-state index in [1.165, 1.54) is 64.2 Å². The first-order valence-electron chi connectivity index (χ1n) is 12.7. The highest BCUT2D eigenvalue weighted by Gasteiger charge is 2.34. The fraction of sp³-hybridized carbons (Fsp3) is 0.962. The normalized spacial score (nSPS) is 37.6. The third-order valence-corrected chi connectivity index (χ3v) is 8.81. The van der Waals surface area contributed by atoms with Gasteiger partial charge >= 0.3 is 0 Å². The molecule has 0 amide bonds. The van der Waals surface area contributed by atoms with Crippen molar-refractivity contribution in [1.29, 1.82) is 5.26 Å². The summed E-state index contributed by atoms with van der Waals surface area (Å²) in [5.74, 6) is 6.16. The molecule has 0 radical (unpaired) electrons. The van der Waals surface area contributed by atoms with Crippen LogP contribution in [0.1, 0.15) is 122 Å². The summed E-state index contributed by atoms with van der Waals surface area (Å²) in [6.45, 7) is 2.33. The minimum Gasteiger partial charge on any atom is -0.198 e. The van der Waals surface area contributed by atoms with E-state index in [1.807, 2.05) is 0 Å². The maximum absolute atomic E-state index is 8.80. The topological polar surface area (TPSA) is 23.8 Å². The Bertz CT molecular complexity index is 426. The third kappa shape index (κ3) is 6.51. The van der Waals surface area contributed by atoms with Gasteiger partial charge in [0.05, 0.1) is 6.07 Å². The second kappa shape index (κ2) is 11.5. The van der Waals surface area contributed by atoms with Crippen LogP contribution in [0, 0.1) is 46.8 Å². The van der Waals surface area contributed by atoms with Crippen LogP contribution < -0.4 is 0 Å². The van der Waals surface area contributed by atoms with Crippen molar-refractivity contribution < 1.29 is 0 Å². The molecule has 3 aliphatic rings. The zero-order chi connectivity index (χ0) is 18.9. The molecule has 0 atom stereocenters. The van der Waals surface area contributed by atoms with E-state index in [-0.39, 0.29) is 0 Å². The van der Waals surface area contributed by atoms with E-state index >= 15 is 0 Å². The molecule has 0 saturated heterocycles. The summed E-state index contributed by atoms with van der Waals surface area (Å²) in [5, 5.41) is 8.80. The van der Waals surface area contributed by atoms with E-state index in [0.717, 1.165) is 48.3 Å². The Morgan fingerprint density at radius 2 is 1.00 bits per heavy atom. The number of nitriles is 1. The number of nitrogens with zero attached hydrogens (tertiary/aromatic N) is 1. The number of hydrogen-bond donors (Lipinski definition) is 0. The molecule has 0 spiro atoms. The molecule has 3 saturated carbocycles. The molecule has 0 aromatic rings. The van der Waals surface area contributed by atoms with Crippen molar-refractivity contribution in [3.05, 3.63) is 0 Å². The largest absolute Gasteiger partial charge is 0.198 e. The molecule has 3 fully saturated rings. The highest BCUT2D eigenvalue weighted by molar-refractivity contribution is 4.86. The molecule has 0 unspecified atom stereocenters. The highest BCUT2D eigenvalue weighted by atomic mass is 14.4. The zero-order valence-corrected chi connectivity index (χ0v) is 18.1. The third-order valence-electron chi connectivity index (χ3n) is 8.81. The van der Waals surface area contributed by atoms with Gasteiger partial charge in [-0.15, -0.1) is 0 Å². The van der Waals surface area contributed by atoms with Crippen molar-refractivity contribution in [3.63, 3.8) is 0 Å². The van der Waals surface area contributed by atoms with Crippen LogP contribution in [0.2, 0.25) is 0 Å². The minimum absolute atomic E-state index is 0.779. The first-order chi connectivity index (χ1) is 13.3. The van der Waals surface area contributed by atoms with Gasteiger partial charge in [0.25, 0.3) is 0 Å². The van der Waals surface area contributed by atoms with Crippen molar-refractivity contribution >= 4 is 0 Å². The fourth-order valence-electron chi connectivity index (χ4n) is 6.94. The lowest BCUT2D eigenvalue weighted by atomic mass is 9.64. The van der Waals surface area contributed by atoms with Gasteiger partial charge in [-0.2, -0.15) is 5.26 Å². The Labute approximate surface area is 169 Å². The molecule has 154 valence electrons. The number of hydrogen-bond acceptors (Lipinski definition) is 1. The fourth-order valence-corrected chi connectivity index (χ4v) is 6.94. The Morgan fingerprint density at radius 3 is 1.41 bits per heavy atom. The predicted molar refractivity (Wildman–Crippen MR) is 115 cm³/mol. The molecule has 1 nitrogen and oxygen atoms in total. The quantitative estimate of drug-likeness (QED) is 0.394. The SMILES string of the molecule is CCCCCC1CCC(C2CCC(C3CCC(CCC#N)CC3)CC2)CC1. The van der Waals surface area contributed by atoms with Crippen LogP contribution >= 0.6 is 0 Å². The molecule has 27 heavy (non-hydrogen) atoms. The van der Waals surface area contributed by atoms with Crippen molar-refractivity contribution in [3.8, 4) is 6.07 Å². The summed E-state index contributed by atoms with van der Waals surface area (Å²) < 4.78 is 0. The molecule has 3 rings (SSSR count). The van der Waals surface area contributed by atoms with Crippen LogP contribution in [0.5, 0.6) is 0 Å². The first kappa shape index (κ1) is 21.2. The molecule has 3 aliphatic carbocycles. The molecule has 0 N–H and O–H groups in total. The number of rotatable bonds is 8. The van der Waals surface area contributed by atoms with Crippen LogP contribution in [0.15, 0.2) is 0 Å². The second-order valence-corrected chi connectivity index (χ2v) is 10.4. The predicted octanol–water partition coefficient (Wildman–Crippen LogP) is 8.29. The smallest absolute Gasteiger partial charge is 0.0621 e. The highest BCUT2D eigenvalue weighted by Crippen LogP contribution is 2.46. The lowest BCUT2D eigenvalue weighted by Gasteiger charge is -2.41. The van der Waals surface area contributed by atoms with Gasteiger partial charge in [-0.05, 0) is 93.3 Å². The van der Waals surface area contributed by atoms with Gasteiger partial charge in [-0.3, -0.25) is 0 Å².